The molecule has 3 nitrogen and oxygen atoms in total. The third-order valence-corrected chi connectivity index (χ3v) is 4.78. The highest BCUT2D eigenvalue weighted by Gasteiger charge is 2.13. The van der Waals surface area contributed by atoms with E-state index in [0.717, 1.165) is 10.4 Å². The van der Waals surface area contributed by atoms with E-state index in [9.17, 15) is 8.42 Å². The zero-order valence-corrected chi connectivity index (χ0v) is 12.1. The average molecular weight is 293 g/mol. The molecule has 0 saturated carbocycles. The Balaban J connectivity index is 2.05. The van der Waals surface area contributed by atoms with Crippen molar-refractivity contribution < 1.29 is 8.42 Å². The predicted molar refractivity (Wildman–Crippen MR) is 80.3 cm³/mol. The third-order valence-electron chi connectivity index (χ3n) is 2.55. The van der Waals surface area contributed by atoms with Gasteiger partial charge in [-0.15, -0.1) is 11.3 Å². The van der Waals surface area contributed by atoms with Gasteiger partial charge >= 0.3 is 0 Å². The summed E-state index contributed by atoms with van der Waals surface area (Å²) in [6.45, 7) is 1.83. The molecule has 0 saturated heterocycles. The lowest BCUT2D eigenvalue weighted by atomic mass is 10.2. The number of benzene rings is 1. The molecule has 100 valence electrons. The molecule has 0 radical (unpaired) electrons. The van der Waals surface area contributed by atoms with Crippen molar-refractivity contribution in [1.29, 1.82) is 0 Å². The fourth-order valence-electron chi connectivity index (χ4n) is 1.61. The summed E-state index contributed by atoms with van der Waals surface area (Å²) >= 11 is 1.54. The molecule has 1 heterocycles. The second-order valence-electron chi connectivity index (χ2n) is 4.11. The second-order valence-corrected chi connectivity index (χ2v) is 6.69. The zero-order chi connectivity index (χ0) is 13.7. The van der Waals surface area contributed by atoms with Crippen LogP contribution in [-0.4, -0.2) is 8.42 Å². The number of nitrogens with one attached hydrogen (secondary N) is 1. The summed E-state index contributed by atoms with van der Waals surface area (Å²) in [5.41, 5.74) is 0.858. The smallest absolute Gasteiger partial charge is 0.208 e. The van der Waals surface area contributed by atoms with Gasteiger partial charge in [-0.1, -0.05) is 36.4 Å². The number of hydrogen-bond donors (Lipinski definition) is 1. The van der Waals surface area contributed by atoms with Crippen LogP contribution in [0.25, 0.3) is 6.08 Å². The van der Waals surface area contributed by atoms with E-state index >= 15 is 0 Å². The van der Waals surface area contributed by atoms with Crippen LogP contribution in [0.1, 0.15) is 23.4 Å². The van der Waals surface area contributed by atoms with Gasteiger partial charge in [0.15, 0.2) is 0 Å². The van der Waals surface area contributed by atoms with E-state index in [0.29, 0.717) is 0 Å². The van der Waals surface area contributed by atoms with Gasteiger partial charge in [0, 0.05) is 10.3 Å². The fourth-order valence-corrected chi connectivity index (χ4v) is 3.46. The van der Waals surface area contributed by atoms with Crippen LogP contribution >= 0.6 is 11.3 Å². The minimum atomic E-state index is -3.43. The number of sulfonamides is 1. The maximum atomic E-state index is 11.9. The van der Waals surface area contributed by atoms with E-state index < -0.39 is 10.0 Å². The van der Waals surface area contributed by atoms with Crippen molar-refractivity contribution in [2.75, 3.05) is 0 Å². The SMILES string of the molecule is C[C@@H](NS(=O)(=O)/C=C/c1ccccc1)c1cccs1. The van der Waals surface area contributed by atoms with Crippen molar-refractivity contribution in [3.8, 4) is 0 Å². The molecule has 1 aromatic carbocycles. The summed E-state index contributed by atoms with van der Waals surface area (Å²) in [4.78, 5) is 0.997. The molecule has 0 aliphatic heterocycles. The van der Waals surface area contributed by atoms with Gasteiger partial charge in [-0.05, 0) is 30.0 Å². The molecule has 0 spiro atoms. The second kappa shape index (κ2) is 6.14. The molecule has 0 aliphatic rings. The van der Waals surface area contributed by atoms with Crippen LogP contribution in [0.3, 0.4) is 0 Å². The van der Waals surface area contributed by atoms with Crippen LogP contribution in [0.5, 0.6) is 0 Å². The molecule has 0 aliphatic carbocycles. The highest BCUT2D eigenvalue weighted by atomic mass is 32.2. The summed E-state index contributed by atoms with van der Waals surface area (Å²) in [6, 6.07) is 12.9. The van der Waals surface area contributed by atoms with Gasteiger partial charge in [-0.25, -0.2) is 13.1 Å². The van der Waals surface area contributed by atoms with Crippen LogP contribution in [-0.2, 0) is 10.0 Å². The van der Waals surface area contributed by atoms with E-state index in [1.165, 1.54) is 16.7 Å². The Hall–Kier alpha value is -1.43. The Bertz CT molecular complexity index is 631. The van der Waals surface area contributed by atoms with Crippen molar-refractivity contribution in [3.05, 3.63) is 63.7 Å². The van der Waals surface area contributed by atoms with Crippen molar-refractivity contribution in [1.82, 2.24) is 4.72 Å². The number of hydrogen-bond acceptors (Lipinski definition) is 3. The lowest BCUT2D eigenvalue weighted by Gasteiger charge is -2.09. The molecule has 2 rings (SSSR count). The molecular weight excluding hydrogens is 278 g/mol. The predicted octanol–water partition coefficient (Wildman–Crippen LogP) is 3.40. The molecule has 0 unspecified atom stereocenters. The Morgan fingerprint density at radius 3 is 2.53 bits per heavy atom. The molecule has 1 N–H and O–H groups in total. The van der Waals surface area contributed by atoms with E-state index in [2.05, 4.69) is 4.72 Å². The summed E-state index contributed by atoms with van der Waals surface area (Å²) in [7, 11) is -3.43. The van der Waals surface area contributed by atoms with Gasteiger partial charge in [0.05, 0.1) is 6.04 Å². The van der Waals surface area contributed by atoms with Crippen LogP contribution in [0.4, 0.5) is 0 Å². The van der Waals surface area contributed by atoms with E-state index in [-0.39, 0.29) is 6.04 Å². The highest BCUT2D eigenvalue weighted by molar-refractivity contribution is 7.92. The van der Waals surface area contributed by atoms with E-state index in [4.69, 9.17) is 0 Å². The topological polar surface area (TPSA) is 46.2 Å². The molecule has 5 heteroatoms. The van der Waals surface area contributed by atoms with E-state index in [1.807, 2.05) is 54.8 Å². The lowest BCUT2D eigenvalue weighted by molar-refractivity contribution is 0.578. The fraction of sp³-hybridized carbons (Fsp3) is 0.143. The summed E-state index contributed by atoms with van der Waals surface area (Å²) in [5.74, 6) is 0. The lowest BCUT2D eigenvalue weighted by Crippen LogP contribution is -2.24. The highest BCUT2D eigenvalue weighted by Crippen LogP contribution is 2.19. The van der Waals surface area contributed by atoms with Crippen molar-refractivity contribution >= 4 is 27.4 Å². The molecule has 2 aromatic rings. The number of rotatable bonds is 5. The zero-order valence-electron chi connectivity index (χ0n) is 10.5. The first-order valence-corrected chi connectivity index (χ1v) is 8.28. The maximum absolute atomic E-state index is 11.9. The van der Waals surface area contributed by atoms with Gasteiger partial charge in [0.1, 0.15) is 0 Å². The Morgan fingerprint density at radius 2 is 1.89 bits per heavy atom. The van der Waals surface area contributed by atoms with Crippen molar-refractivity contribution in [3.63, 3.8) is 0 Å². The van der Waals surface area contributed by atoms with Gasteiger partial charge in [-0.2, -0.15) is 0 Å². The molecule has 1 atom stereocenters. The monoisotopic (exact) mass is 293 g/mol. The molecule has 19 heavy (non-hydrogen) atoms. The summed E-state index contributed by atoms with van der Waals surface area (Å²) in [6.07, 6.45) is 1.59. The van der Waals surface area contributed by atoms with Crippen LogP contribution in [0, 0.1) is 0 Å². The van der Waals surface area contributed by atoms with Gasteiger partial charge in [0.2, 0.25) is 10.0 Å². The molecule has 0 fully saturated rings. The van der Waals surface area contributed by atoms with Gasteiger partial charge in [0.25, 0.3) is 0 Å². The van der Waals surface area contributed by atoms with E-state index in [1.54, 1.807) is 6.08 Å². The standard InChI is InChI=1S/C14H15NO2S2/c1-12(14-8-5-10-18-14)15-19(16,17)11-9-13-6-3-2-4-7-13/h2-12,15H,1H3/b11-9+/t12-/m1/s1. The van der Waals surface area contributed by atoms with Crippen LogP contribution in [0.2, 0.25) is 0 Å². The van der Waals surface area contributed by atoms with Crippen molar-refractivity contribution in [2.24, 2.45) is 0 Å². The number of thiophene rings is 1. The average Bonchev–Trinajstić information content (AvgIpc) is 2.91. The largest absolute Gasteiger partial charge is 0.234 e. The first-order valence-electron chi connectivity index (χ1n) is 5.86. The molecule has 0 amide bonds. The third kappa shape index (κ3) is 4.31. The minimum absolute atomic E-state index is 0.217. The maximum Gasteiger partial charge on any atom is 0.234 e. The molecule has 1 aromatic heterocycles. The quantitative estimate of drug-likeness (QED) is 0.918. The first-order chi connectivity index (χ1) is 9.07. The Labute approximate surface area is 117 Å². The van der Waals surface area contributed by atoms with Gasteiger partial charge in [-0.3, -0.25) is 0 Å². The normalized spacial score (nSPS) is 13.7. The Kier molecular flexibility index (Phi) is 4.52. The minimum Gasteiger partial charge on any atom is -0.208 e. The summed E-state index contributed by atoms with van der Waals surface area (Å²) in [5, 5.41) is 3.13. The van der Waals surface area contributed by atoms with Crippen LogP contribution < -0.4 is 4.72 Å². The Morgan fingerprint density at radius 1 is 1.16 bits per heavy atom. The van der Waals surface area contributed by atoms with Crippen LogP contribution in [0.15, 0.2) is 53.3 Å². The molecule has 0 bridgehead atoms. The first kappa shape index (κ1) is 14.0. The van der Waals surface area contributed by atoms with Gasteiger partial charge < -0.3 is 0 Å². The summed E-state index contributed by atoms with van der Waals surface area (Å²) < 4.78 is 26.5. The van der Waals surface area contributed by atoms with Crippen molar-refractivity contribution in [2.45, 2.75) is 13.0 Å². The molecular formula is C14H15NO2S2.